The van der Waals surface area contributed by atoms with E-state index >= 15 is 0 Å². The number of nitrogens with one attached hydrogen (secondary N) is 2. The molecule has 0 saturated carbocycles. The Kier molecular flexibility index (Phi) is 6.25. The number of aliphatic hydroxyl groups excluding tert-OH is 1. The van der Waals surface area contributed by atoms with Crippen molar-refractivity contribution < 1.29 is 5.11 Å². The van der Waals surface area contributed by atoms with Crippen LogP contribution in [-0.4, -0.2) is 40.0 Å². The van der Waals surface area contributed by atoms with E-state index < -0.39 is 0 Å². The Balaban J connectivity index is 2.55. The fourth-order valence-corrected chi connectivity index (χ4v) is 2.51. The van der Waals surface area contributed by atoms with Gasteiger partial charge in [-0.3, -0.25) is 4.79 Å². The van der Waals surface area contributed by atoms with E-state index in [1.54, 1.807) is 6.92 Å². The van der Waals surface area contributed by atoms with Crippen molar-refractivity contribution in [2.75, 3.05) is 18.9 Å². The van der Waals surface area contributed by atoms with Crippen molar-refractivity contribution in [2.45, 2.75) is 31.5 Å². The Morgan fingerprint density at radius 1 is 1.65 bits per heavy atom. The largest absolute Gasteiger partial charge is 0.396 e. The van der Waals surface area contributed by atoms with Gasteiger partial charge in [-0.25, -0.2) is 4.98 Å². The van der Waals surface area contributed by atoms with Crippen molar-refractivity contribution in [3.63, 3.8) is 0 Å². The number of rotatable bonds is 7. The summed E-state index contributed by atoms with van der Waals surface area (Å²) in [6, 6.07) is 1.71. The van der Waals surface area contributed by atoms with Crippen molar-refractivity contribution >= 4 is 11.8 Å². The minimum absolute atomic E-state index is 0.123. The molecule has 1 atom stereocenters. The molecule has 0 spiro atoms. The standard InChI is InChI=1S/C11H19N3O2S/c1-3-12-9(4-5-15)7-17-11-13-8(2)6-10(16)14-11/h6,9,12,15H,3-5,7H2,1-2H3,(H,13,14,16). The van der Waals surface area contributed by atoms with E-state index in [9.17, 15) is 4.79 Å². The van der Waals surface area contributed by atoms with E-state index in [1.165, 1.54) is 17.8 Å². The molecule has 0 aliphatic heterocycles. The first-order valence-corrected chi connectivity index (χ1v) is 6.69. The molecule has 0 aliphatic rings. The molecule has 1 unspecified atom stereocenters. The molecular formula is C11H19N3O2S. The smallest absolute Gasteiger partial charge is 0.251 e. The molecule has 3 N–H and O–H groups in total. The molecule has 0 saturated heterocycles. The lowest BCUT2D eigenvalue weighted by Gasteiger charge is -2.15. The zero-order chi connectivity index (χ0) is 12.7. The second-order valence-electron chi connectivity index (χ2n) is 3.77. The van der Waals surface area contributed by atoms with Crippen LogP contribution in [0.5, 0.6) is 0 Å². The third-order valence-corrected chi connectivity index (χ3v) is 3.28. The van der Waals surface area contributed by atoms with Gasteiger partial charge in [0.05, 0.1) is 0 Å². The van der Waals surface area contributed by atoms with Crippen LogP contribution >= 0.6 is 11.8 Å². The molecule has 0 fully saturated rings. The molecule has 0 aromatic carbocycles. The Hall–Kier alpha value is -0.850. The first-order valence-electron chi connectivity index (χ1n) is 5.70. The van der Waals surface area contributed by atoms with Crippen molar-refractivity contribution in [3.8, 4) is 0 Å². The van der Waals surface area contributed by atoms with Crippen LogP contribution < -0.4 is 10.9 Å². The summed E-state index contributed by atoms with van der Waals surface area (Å²) in [5.74, 6) is 0.779. The number of hydrogen-bond acceptors (Lipinski definition) is 5. The van der Waals surface area contributed by atoms with Crippen LogP contribution in [-0.2, 0) is 0 Å². The monoisotopic (exact) mass is 257 g/mol. The van der Waals surface area contributed by atoms with Gasteiger partial charge in [-0.15, -0.1) is 0 Å². The molecule has 0 aliphatic carbocycles. The molecule has 6 heteroatoms. The van der Waals surface area contributed by atoms with Gasteiger partial charge in [0.1, 0.15) is 0 Å². The van der Waals surface area contributed by atoms with Crippen molar-refractivity contribution in [1.82, 2.24) is 15.3 Å². The molecule has 1 aromatic rings. The average Bonchev–Trinajstić information content (AvgIpc) is 2.25. The molecule has 1 rings (SSSR count). The fraction of sp³-hybridized carbons (Fsp3) is 0.636. The lowest BCUT2D eigenvalue weighted by molar-refractivity contribution is 0.271. The summed E-state index contributed by atoms with van der Waals surface area (Å²) in [5.41, 5.74) is 0.598. The topological polar surface area (TPSA) is 78.0 Å². The zero-order valence-corrected chi connectivity index (χ0v) is 11.0. The number of aromatic amines is 1. The SMILES string of the molecule is CCNC(CCO)CSc1nc(C)cc(=O)[nH]1. The third-order valence-electron chi connectivity index (χ3n) is 2.24. The highest BCUT2D eigenvalue weighted by atomic mass is 32.2. The summed E-state index contributed by atoms with van der Waals surface area (Å²) in [7, 11) is 0. The van der Waals surface area contributed by atoms with E-state index in [2.05, 4.69) is 15.3 Å². The Labute approximate surface area is 105 Å². The van der Waals surface area contributed by atoms with Gasteiger partial charge >= 0.3 is 0 Å². The summed E-state index contributed by atoms with van der Waals surface area (Å²) < 4.78 is 0. The van der Waals surface area contributed by atoms with Crippen LogP contribution in [0.25, 0.3) is 0 Å². The highest BCUT2D eigenvalue weighted by Gasteiger charge is 2.08. The maximum absolute atomic E-state index is 11.2. The lowest BCUT2D eigenvalue weighted by atomic mass is 10.2. The van der Waals surface area contributed by atoms with Crippen LogP contribution in [0.1, 0.15) is 19.0 Å². The number of aliphatic hydroxyl groups is 1. The maximum Gasteiger partial charge on any atom is 0.251 e. The van der Waals surface area contributed by atoms with Gasteiger partial charge in [-0.1, -0.05) is 18.7 Å². The van der Waals surface area contributed by atoms with Gasteiger partial charge in [-0.2, -0.15) is 0 Å². The Morgan fingerprint density at radius 3 is 3.00 bits per heavy atom. The molecule has 0 radical (unpaired) electrons. The van der Waals surface area contributed by atoms with Crippen LogP contribution in [0.3, 0.4) is 0 Å². The summed E-state index contributed by atoms with van der Waals surface area (Å²) in [4.78, 5) is 18.2. The zero-order valence-electron chi connectivity index (χ0n) is 10.2. The lowest BCUT2D eigenvalue weighted by Crippen LogP contribution is -2.32. The molecule has 0 amide bonds. The number of H-pyrrole nitrogens is 1. The van der Waals surface area contributed by atoms with E-state index in [4.69, 9.17) is 5.11 Å². The van der Waals surface area contributed by atoms with E-state index in [0.29, 0.717) is 11.6 Å². The van der Waals surface area contributed by atoms with E-state index in [-0.39, 0.29) is 18.2 Å². The van der Waals surface area contributed by atoms with Gasteiger partial charge in [0, 0.05) is 30.2 Å². The molecule has 17 heavy (non-hydrogen) atoms. The Bertz CT molecular complexity index is 389. The highest BCUT2D eigenvalue weighted by Crippen LogP contribution is 2.13. The second-order valence-corrected chi connectivity index (χ2v) is 4.78. The third kappa shape index (κ3) is 5.34. The number of aromatic nitrogens is 2. The molecule has 96 valence electrons. The number of nitrogens with zero attached hydrogens (tertiary/aromatic N) is 1. The predicted molar refractivity (Wildman–Crippen MR) is 69.5 cm³/mol. The summed E-state index contributed by atoms with van der Waals surface area (Å²) in [6.45, 7) is 4.86. The number of thioether (sulfide) groups is 1. The van der Waals surface area contributed by atoms with E-state index in [1.807, 2.05) is 6.92 Å². The first-order chi connectivity index (χ1) is 8.15. The van der Waals surface area contributed by atoms with Gasteiger partial charge in [-0.05, 0) is 19.9 Å². The highest BCUT2D eigenvalue weighted by molar-refractivity contribution is 7.99. The van der Waals surface area contributed by atoms with Crippen LogP contribution in [0.2, 0.25) is 0 Å². The molecule has 1 heterocycles. The van der Waals surface area contributed by atoms with Crippen molar-refractivity contribution in [3.05, 3.63) is 22.1 Å². The molecule has 0 bridgehead atoms. The Morgan fingerprint density at radius 2 is 2.41 bits per heavy atom. The maximum atomic E-state index is 11.2. The summed E-state index contributed by atoms with van der Waals surface area (Å²) in [5, 5.41) is 12.8. The van der Waals surface area contributed by atoms with Crippen LogP contribution in [0.15, 0.2) is 16.0 Å². The van der Waals surface area contributed by atoms with Gasteiger partial charge < -0.3 is 15.4 Å². The van der Waals surface area contributed by atoms with Gasteiger partial charge in [0.2, 0.25) is 0 Å². The van der Waals surface area contributed by atoms with Crippen LogP contribution in [0.4, 0.5) is 0 Å². The van der Waals surface area contributed by atoms with Gasteiger partial charge in [0.15, 0.2) is 5.16 Å². The molecular weight excluding hydrogens is 238 g/mol. The second kappa shape index (κ2) is 7.47. The fourth-order valence-electron chi connectivity index (χ4n) is 1.49. The van der Waals surface area contributed by atoms with Crippen molar-refractivity contribution in [2.24, 2.45) is 0 Å². The molecule has 1 aromatic heterocycles. The molecule has 5 nitrogen and oxygen atoms in total. The first kappa shape index (κ1) is 14.2. The average molecular weight is 257 g/mol. The quantitative estimate of drug-likeness (QED) is 0.490. The minimum Gasteiger partial charge on any atom is -0.396 e. The summed E-state index contributed by atoms with van der Waals surface area (Å²) >= 11 is 1.50. The minimum atomic E-state index is -0.123. The number of hydrogen-bond donors (Lipinski definition) is 3. The normalized spacial score (nSPS) is 12.6. The van der Waals surface area contributed by atoms with Crippen molar-refractivity contribution in [1.29, 1.82) is 0 Å². The van der Waals surface area contributed by atoms with E-state index in [0.717, 1.165) is 18.0 Å². The number of aryl methyl sites for hydroxylation is 1. The summed E-state index contributed by atoms with van der Waals surface area (Å²) in [6.07, 6.45) is 0.705. The van der Waals surface area contributed by atoms with Crippen LogP contribution in [0, 0.1) is 6.92 Å². The predicted octanol–water partition coefficient (Wildman–Crippen LogP) is 0.531. The van der Waals surface area contributed by atoms with Gasteiger partial charge in [0.25, 0.3) is 5.56 Å².